The summed E-state index contributed by atoms with van der Waals surface area (Å²) in [4.78, 5) is 22.8. The summed E-state index contributed by atoms with van der Waals surface area (Å²) in [5.41, 5.74) is 0.0625. The lowest BCUT2D eigenvalue weighted by Gasteiger charge is -2.22. The van der Waals surface area contributed by atoms with Crippen LogP contribution in [-0.4, -0.2) is 24.0 Å². The number of amides is 1. The number of nitrogens with zero attached hydrogens (tertiary/aromatic N) is 1. The zero-order chi connectivity index (χ0) is 19.7. The molecule has 0 fully saturated rings. The fraction of sp³-hybridized carbons (Fsp3) is 0.278. The molecule has 0 spiro atoms. The monoisotopic (exact) mass is 438 g/mol. The molecule has 1 unspecified atom stereocenters. The van der Waals surface area contributed by atoms with Gasteiger partial charge >= 0.3 is 0 Å². The second-order valence-electron chi connectivity index (χ2n) is 6.07. The van der Waals surface area contributed by atoms with Gasteiger partial charge in [-0.25, -0.2) is 4.39 Å². The summed E-state index contributed by atoms with van der Waals surface area (Å²) in [5, 5.41) is 13.8. The number of carbonyl (C=O) groups is 1. The van der Waals surface area contributed by atoms with E-state index in [1.807, 2.05) is 0 Å². The highest BCUT2D eigenvalue weighted by molar-refractivity contribution is 9.10. The number of nitro benzene ring substituents is 1. The third kappa shape index (κ3) is 3.87. The van der Waals surface area contributed by atoms with Gasteiger partial charge < -0.3 is 14.8 Å². The van der Waals surface area contributed by atoms with Crippen LogP contribution in [0.2, 0.25) is 0 Å². The molecule has 2 aromatic rings. The minimum atomic E-state index is -0.803. The molecule has 0 bridgehead atoms. The molecule has 0 radical (unpaired) electrons. The van der Waals surface area contributed by atoms with Gasteiger partial charge in [-0.15, -0.1) is 0 Å². The van der Waals surface area contributed by atoms with Crippen LogP contribution < -0.4 is 14.8 Å². The summed E-state index contributed by atoms with van der Waals surface area (Å²) in [5.74, 6) is -0.252. The van der Waals surface area contributed by atoms with E-state index in [4.69, 9.17) is 9.47 Å². The normalized spacial score (nSPS) is 13.8. The zero-order valence-corrected chi connectivity index (χ0v) is 16.1. The Kier molecular flexibility index (Phi) is 5.31. The van der Waals surface area contributed by atoms with E-state index < -0.39 is 28.4 Å². The molecule has 27 heavy (non-hydrogen) atoms. The van der Waals surface area contributed by atoms with E-state index in [1.54, 1.807) is 19.1 Å². The van der Waals surface area contributed by atoms with Gasteiger partial charge in [-0.2, -0.15) is 0 Å². The molecular formula is C18H16BrFN2O5. The van der Waals surface area contributed by atoms with Crippen molar-refractivity contribution in [3.63, 3.8) is 0 Å². The van der Waals surface area contributed by atoms with Crippen LogP contribution in [0.1, 0.15) is 34.5 Å². The molecule has 1 aliphatic rings. The van der Waals surface area contributed by atoms with Crippen molar-refractivity contribution in [2.24, 2.45) is 0 Å². The van der Waals surface area contributed by atoms with E-state index in [0.29, 0.717) is 29.2 Å². The van der Waals surface area contributed by atoms with Gasteiger partial charge in [0, 0.05) is 16.1 Å². The highest BCUT2D eigenvalue weighted by atomic mass is 79.9. The van der Waals surface area contributed by atoms with Gasteiger partial charge in [-0.05, 0) is 37.6 Å². The first-order chi connectivity index (χ1) is 12.8. The number of carbonyl (C=O) groups excluding carboxylic acids is 1. The maximum absolute atomic E-state index is 14.0. The van der Waals surface area contributed by atoms with Gasteiger partial charge in [0.25, 0.3) is 11.6 Å². The Bertz CT molecular complexity index is 934. The van der Waals surface area contributed by atoms with Crippen LogP contribution in [0.5, 0.6) is 11.5 Å². The molecule has 9 heteroatoms. The highest BCUT2D eigenvalue weighted by Gasteiger charge is 2.22. The third-order valence-corrected chi connectivity index (χ3v) is 4.94. The molecule has 0 aliphatic carbocycles. The van der Waals surface area contributed by atoms with E-state index in [1.165, 1.54) is 6.92 Å². The summed E-state index contributed by atoms with van der Waals surface area (Å²) in [7, 11) is 0. The van der Waals surface area contributed by atoms with Crippen molar-refractivity contribution in [3.8, 4) is 11.5 Å². The molecule has 3 rings (SSSR count). The van der Waals surface area contributed by atoms with E-state index in [0.717, 1.165) is 17.7 Å². The second kappa shape index (κ2) is 7.51. The summed E-state index contributed by atoms with van der Waals surface area (Å²) >= 11 is 3.44. The number of hydrogen-bond donors (Lipinski definition) is 1. The predicted octanol–water partition coefficient (Wildman–Crippen LogP) is 4.07. The number of fused-ring (bicyclic) bond motifs is 1. The molecule has 1 atom stereocenters. The number of hydrogen-bond acceptors (Lipinski definition) is 5. The van der Waals surface area contributed by atoms with Crippen molar-refractivity contribution >= 4 is 27.5 Å². The van der Waals surface area contributed by atoms with Crippen molar-refractivity contribution in [3.05, 3.63) is 61.4 Å². The first-order valence-electron chi connectivity index (χ1n) is 8.12. The average Bonchev–Trinajstić information content (AvgIpc) is 2.62. The SMILES string of the molecule is Cc1c(F)cc(C(=O)NC(C)c2cc3c(cc2Br)OCCO3)cc1[N+](=O)[O-]. The smallest absolute Gasteiger partial charge is 0.276 e. The van der Waals surface area contributed by atoms with Gasteiger partial charge in [0.1, 0.15) is 19.0 Å². The van der Waals surface area contributed by atoms with Crippen LogP contribution in [-0.2, 0) is 0 Å². The van der Waals surface area contributed by atoms with Crippen molar-refractivity contribution in [2.45, 2.75) is 19.9 Å². The average molecular weight is 439 g/mol. The van der Waals surface area contributed by atoms with E-state index >= 15 is 0 Å². The molecule has 1 amide bonds. The summed E-state index contributed by atoms with van der Waals surface area (Å²) in [6.07, 6.45) is 0. The quantitative estimate of drug-likeness (QED) is 0.573. The summed E-state index contributed by atoms with van der Waals surface area (Å²) in [6.45, 7) is 3.93. The lowest BCUT2D eigenvalue weighted by atomic mass is 10.1. The minimum absolute atomic E-state index is 0.112. The van der Waals surface area contributed by atoms with E-state index in [9.17, 15) is 19.3 Å². The highest BCUT2D eigenvalue weighted by Crippen LogP contribution is 2.37. The fourth-order valence-electron chi connectivity index (χ4n) is 2.75. The van der Waals surface area contributed by atoms with Crippen molar-refractivity contribution in [1.29, 1.82) is 0 Å². The van der Waals surface area contributed by atoms with E-state index in [-0.39, 0.29) is 11.1 Å². The topological polar surface area (TPSA) is 90.7 Å². The Morgan fingerprint density at radius 1 is 1.26 bits per heavy atom. The van der Waals surface area contributed by atoms with Gasteiger partial charge in [-0.1, -0.05) is 15.9 Å². The van der Waals surface area contributed by atoms with Gasteiger partial charge in [0.05, 0.1) is 16.5 Å². The fourth-order valence-corrected chi connectivity index (χ4v) is 3.42. The maximum Gasteiger partial charge on any atom is 0.276 e. The Balaban J connectivity index is 1.85. The second-order valence-corrected chi connectivity index (χ2v) is 6.93. The maximum atomic E-state index is 14.0. The lowest BCUT2D eigenvalue weighted by molar-refractivity contribution is -0.385. The Labute approximate surface area is 162 Å². The summed E-state index contributed by atoms with van der Waals surface area (Å²) < 4.78 is 25.7. The Morgan fingerprint density at radius 2 is 1.89 bits per heavy atom. The predicted molar refractivity (Wildman–Crippen MR) is 98.8 cm³/mol. The molecule has 142 valence electrons. The van der Waals surface area contributed by atoms with Crippen LogP contribution in [0.25, 0.3) is 0 Å². The van der Waals surface area contributed by atoms with Crippen molar-refractivity contribution < 1.29 is 23.6 Å². The Morgan fingerprint density at radius 3 is 2.52 bits per heavy atom. The number of rotatable bonds is 4. The molecule has 0 saturated carbocycles. The van der Waals surface area contributed by atoms with Gasteiger partial charge in [0.15, 0.2) is 11.5 Å². The Hall–Kier alpha value is -2.68. The zero-order valence-electron chi connectivity index (χ0n) is 14.5. The van der Waals surface area contributed by atoms with Crippen molar-refractivity contribution in [2.75, 3.05) is 13.2 Å². The van der Waals surface area contributed by atoms with Gasteiger partial charge in [-0.3, -0.25) is 14.9 Å². The molecule has 2 aromatic carbocycles. The number of nitro groups is 1. The van der Waals surface area contributed by atoms with Crippen LogP contribution in [0.4, 0.5) is 10.1 Å². The molecule has 1 N–H and O–H groups in total. The number of ether oxygens (including phenoxy) is 2. The first-order valence-corrected chi connectivity index (χ1v) is 8.91. The lowest BCUT2D eigenvalue weighted by Crippen LogP contribution is -2.27. The summed E-state index contributed by atoms with van der Waals surface area (Å²) in [6, 6.07) is 5.10. The molecular weight excluding hydrogens is 423 g/mol. The van der Waals surface area contributed by atoms with Crippen LogP contribution in [0, 0.1) is 22.9 Å². The van der Waals surface area contributed by atoms with Crippen LogP contribution >= 0.6 is 15.9 Å². The molecule has 0 saturated heterocycles. The minimum Gasteiger partial charge on any atom is -0.486 e. The number of nitrogens with one attached hydrogen (secondary N) is 1. The van der Waals surface area contributed by atoms with E-state index in [2.05, 4.69) is 21.2 Å². The third-order valence-electron chi connectivity index (χ3n) is 4.25. The molecule has 0 aromatic heterocycles. The van der Waals surface area contributed by atoms with Crippen LogP contribution in [0.3, 0.4) is 0 Å². The molecule has 1 aliphatic heterocycles. The van der Waals surface area contributed by atoms with Crippen LogP contribution in [0.15, 0.2) is 28.7 Å². The molecule has 7 nitrogen and oxygen atoms in total. The largest absolute Gasteiger partial charge is 0.486 e. The number of halogens is 2. The molecule has 1 heterocycles. The van der Waals surface area contributed by atoms with Crippen molar-refractivity contribution in [1.82, 2.24) is 5.32 Å². The first kappa shape index (κ1) is 19.1. The van der Waals surface area contributed by atoms with Gasteiger partial charge in [0.2, 0.25) is 0 Å². The number of benzene rings is 2. The standard InChI is InChI=1S/C18H16BrFN2O5/c1-9-14(20)5-11(6-15(9)22(24)25)18(23)21-10(2)12-7-16-17(8-13(12)19)27-4-3-26-16/h5-8,10H,3-4H2,1-2H3,(H,21,23).